The molecule has 2 aromatic rings. The van der Waals surface area contributed by atoms with Gasteiger partial charge in [0, 0.05) is 22.6 Å². The molecule has 0 radical (unpaired) electrons. The van der Waals surface area contributed by atoms with E-state index in [2.05, 4.69) is 51.7 Å². The highest BCUT2D eigenvalue weighted by Gasteiger charge is 2.06. The highest BCUT2D eigenvalue weighted by atomic mass is 127. The molecule has 0 aliphatic carbocycles. The van der Waals surface area contributed by atoms with Gasteiger partial charge < -0.3 is 10.1 Å². The molecule has 0 amide bonds. The Hall–Kier alpha value is -1.37. The average Bonchev–Trinajstić information content (AvgIpc) is 2.45. The second-order valence-electron chi connectivity index (χ2n) is 4.74. The van der Waals surface area contributed by atoms with E-state index in [1.54, 1.807) is 0 Å². The van der Waals surface area contributed by atoms with Crippen LogP contribution in [0.4, 0.5) is 5.82 Å². The van der Waals surface area contributed by atoms with Crippen molar-refractivity contribution in [1.82, 2.24) is 9.97 Å². The molecule has 5 heteroatoms. The van der Waals surface area contributed by atoms with Crippen LogP contribution in [0.15, 0.2) is 30.3 Å². The Morgan fingerprint density at radius 3 is 2.71 bits per heavy atom. The maximum atomic E-state index is 5.87. The van der Waals surface area contributed by atoms with Crippen molar-refractivity contribution in [3.63, 3.8) is 0 Å². The minimum atomic E-state index is 0.592. The zero-order valence-electron chi connectivity index (χ0n) is 12.4. The standard InChI is InChI=1S/C16H20IN3O/c1-3-6-14-19-15(18-9-4-2)11-16(20-14)21-13-8-5-7-12(17)10-13/h5,7-8,10-11H,3-4,6,9H2,1-2H3,(H,18,19,20). The van der Waals surface area contributed by atoms with E-state index in [1.807, 2.05) is 30.3 Å². The van der Waals surface area contributed by atoms with Gasteiger partial charge in [0.25, 0.3) is 0 Å². The third-order valence-corrected chi connectivity index (χ3v) is 3.47. The number of nitrogens with one attached hydrogen (secondary N) is 1. The summed E-state index contributed by atoms with van der Waals surface area (Å²) in [5.74, 6) is 3.04. The molecular weight excluding hydrogens is 377 g/mol. The number of benzene rings is 1. The number of rotatable bonds is 7. The Labute approximate surface area is 139 Å². The normalized spacial score (nSPS) is 10.4. The lowest BCUT2D eigenvalue weighted by molar-refractivity contribution is 0.458. The average molecular weight is 397 g/mol. The van der Waals surface area contributed by atoms with Gasteiger partial charge in [0.15, 0.2) is 0 Å². The predicted octanol–water partition coefficient (Wildman–Crippen LogP) is 4.65. The van der Waals surface area contributed by atoms with Crippen LogP contribution in [0.1, 0.15) is 32.5 Å². The van der Waals surface area contributed by atoms with E-state index in [-0.39, 0.29) is 0 Å². The first kappa shape index (κ1) is 16.0. The summed E-state index contributed by atoms with van der Waals surface area (Å²) in [4.78, 5) is 9.00. The molecule has 21 heavy (non-hydrogen) atoms. The lowest BCUT2D eigenvalue weighted by Gasteiger charge is -2.10. The Kier molecular flexibility index (Phi) is 6.22. The highest BCUT2D eigenvalue weighted by Crippen LogP contribution is 2.23. The minimum Gasteiger partial charge on any atom is -0.439 e. The van der Waals surface area contributed by atoms with Crippen LogP contribution in [0.5, 0.6) is 11.6 Å². The molecule has 1 N–H and O–H groups in total. The number of ether oxygens (including phenoxy) is 1. The monoisotopic (exact) mass is 397 g/mol. The summed E-state index contributed by atoms with van der Waals surface area (Å²) >= 11 is 2.27. The maximum Gasteiger partial charge on any atom is 0.224 e. The second kappa shape index (κ2) is 8.17. The van der Waals surface area contributed by atoms with Crippen molar-refractivity contribution in [3.05, 3.63) is 39.7 Å². The molecule has 0 spiro atoms. The zero-order chi connectivity index (χ0) is 15.1. The van der Waals surface area contributed by atoms with Crippen LogP contribution in [0.3, 0.4) is 0 Å². The SMILES string of the molecule is CCCNc1cc(Oc2cccc(I)c2)nc(CCC)n1. The van der Waals surface area contributed by atoms with Gasteiger partial charge in [-0.25, -0.2) is 4.98 Å². The smallest absolute Gasteiger partial charge is 0.224 e. The lowest BCUT2D eigenvalue weighted by atomic mass is 10.3. The summed E-state index contributed by atoms with van der Waals surface area (Å²) in [5, 5.41) is 3.30. The number of hydrogen-bond donors (Lipinski definition) is 1. The predicted molar refractivity (Wildman–Crippen MR) is 94.0 cm³/mol. The van der Waals surface area contributed by atoms with Crippen LogP contribution < -0.4 is 10.1 Å². The van der Waals surface area contributed by atoms with Gasteiger partial charge in [-0.1, -0.05) is 19.9 Å². The van der Waals surface area contributed by atoms with Gasteiger partial charge in [0.2, 0.25) is 5.88 Å². The Morgan fingerprint density at radius 1 is 1.14 bits per heavy atom. The molecule has 0 bridgehead atoms. The van der Waals surface area contributed by atoms with Gasteiger partial charge >= 0.3 is 0 Å². The highest BCUT2D eigenvalue weighted by molar-refractivity contribution is 14.1. The van der Waals surface area contributed by atoms with Gasteiger partial charge in [-0.2, -0.15) is 4.98 Å². The number of nitrogens with zero attached hydrogens (tertiary/aromatic N) is 2. The number of anilines is 1. The first-order valence-electron chi connectivity index (χ1n) is 7.26. The van der Waals surface area contributed by atoms with Gasteiger partial charge in [-0.15, -0.1) is 0 Å². The van der Waals surface area contributed by atoms with Crippen molar-refractivity contribution in [1.29, 1.82) is 0 Å². The maximum absolute atomic E-state index is 5.87. The van der Waals surface area contributed by atoms with Gasteiger partial charge in [-0.3, -0.25) is 0 Å². The first-order valence-corrected chi connectivity index (χ1v) is 8.34. The molecular formula is C16H20IN3O. The molecule has 0 fully saturated rings. The van der Waals surface area contributed by atoms with E-state index in [4.69, 9.17) is 4.74 Å². The quantitative estimate of drug-likeness (QED) is 0.692. The second-order valence-corrected chi connectivity index (χ2v) is 5.99. The van der Waals surface area contributed by atoms with Crippen LogP contribution in [0.2, 0.25) is 0 Å². The number of halogens is 1. The van der Waals surface area contributed by atoms with Gasteiger partial charge in [0.1, 0.15) is 17.4 Å². The van der Waals surface area contributed by atoms with Crippen molar-refractivity contribution < 1.29 is 4.74 Å². The summed E-state index contributed by atoms with van der Waals surface area (Å²) in [5.41, 5.74) is 0. The van der Waals surface area contributed by atoms with Crippen molar-refractivity contribution in [2.75, 3.05) is 11.9 Å². The summed E-state index contributed by atoms with van der Waals surface area (Å²) in [6.45, 7) is 5.14. The molecule has 1 aromatic carbocycles. The Balaban J connectivity index is 2.22. The van der Waals surface area contributed by atoms with Crippen LogP contribution in [0.25, 0.3) is 0 Å². The zero-order valence-corrected chi connectivity index (χ0v) is 14.6. The molecule has 4 nitrogen and oxygen atoms in total. The van der Waals surface area contributed by atoms with Crippen molar-refractivity contribution in [2.45, 2.75) is 33.1 Å². The molecule has 0 atom stereocenters. The van der Waals surface area contributed by atoms with Crippen molar-refractivity contribution in [2.24, 2.45) is 0 Å². The van der Waals surface area contributed by atoms with Crippen molar-refractivity contribution >= 4 is 28.4 Å². The molecule has 0 saturated heterocycles. The fourth-order valence-electron chi connectivity index (χ4n) is 1.86. The molecule has 0 aliphatic heterocycles. The number of hydrogen-bond acceptors (Lipinski definition) is 4. The molecule has 2 rings (SSSR count). The largest absolute Gasteiger partial charge is 0.439 e. The lowest BCUT2D eigenvalue weighted by Crippen LogP contribution is -2.06. The van der Waals surface area contributed by atoms with E-state index in [0.717, 1.165) is 46.8 Å². The number of aryl methyl sites for hydroxylation is 1. The summed E-state index contributed by atoms with van der Waals surface area (Å²) in [6.07, 6.45) is 2.92. The van der Waals surface area contributed by atoms with Crippen LogP contribution in [-0.4, -0.2) is 16.5 Å². The number of aromatic nitrogens is 2. The first-order chi connectivity index (χ1) is 10.2. The minimum absolute atomic E-state index is 0.592. The molecule has 1 aromatic heterocycles. The van der Waals surface area contributed by atoms with E-state index in [9.17, 15) is 0 Å². The van der Waals surface area contributed by atoms with Gasteiger partial charge in [-0.05, 0) is 53.6 Å². The summed E-state index contributed by atoms with van der Waals surface area (Å²) in [7, 11) is 0. The van der Waals surface area contributed by atoms with E-state index in [1.165, 1.54) is 0 Å². The van der Waals surface area contributed by atoms with Crippen LogP contribution >= 0.6 is 22.6 Å². The Morgan fingerprint density at radius 2 is 2.00 bits per heavy atom. The summed E-state index contributed by atoms with van der Waals surface area (Å²) in [6, 6.07) is 9.78. The van der Waals surface area contributed by atoms with E-state index < -0.39 is 0 Å². The third kappa shape index (κ3) is 5.15. The Bertz CT molecular complexity index is 589. The van der Waals surface area contributed by atoms with Crippen LogP contribution in [-0.2, 0) is 6.42 Å². The van der Waals surface area contributed by atoms with Crippen molar-refractivity contribution in [3.8, 4) is 11.6 Å². The fourth-order valence-corrected chi connectivity index (χ4v) is 2.37. The third-order valence-electron chi connectivity index (χ3n) is 2.80. The molecule has 0 aliphatic rings. The molecule has 0 unspecified atom stereocenters. The molecule has 112 valence electrons. The summed E-state index contributed by atoms with van der Waals surface area (Å²) < 4.78 is 7.01. The topological polar surface area (TPSA) is 47.0 Å². The molecule has 0 saturated carbocycles. The molecule has 1 heterocycles. The van der Waals surface area contributed by atoms with E-state index in [0.29, 0.717) is 5.88 Å². The van der Waals surface area contributed by atoms with Crippen LogP contribution in [0, 0.1) is 3.57 Å². The van der Waals surface area contributed by atoms with E-state index >= 15 is 0 Å². The van der Waals surface area contributed by atoms with Gasteiger partial charge in [0.05, 0.1) is 0 Å². The fraction of sp³-hybridized carbons (Fsp3) is 0.375.